The predicted octanol–water partition coefficient (Wildman–Crippen LogP) is 0.450. The number of nitrogens with zero attached hydrogens (tertiary/aromatic N) is 2. The molecule has 5 heteroatoms. The highest BCUT2D eigenvalue weighted by Crippen LogP contribution is 2.10. The van der Waals surface area contributed by atoms with Gasteiger partial charge in [-0.15, -0.1) is 0 Å². The molecule has 0 spiro atoms. The van der Waals surface area contributed by atoms with Crippen LogP contribution in [0.15, 0.2) is 18.5 Å². The van der Waals surface area contributed by atoms with Crippen LogP contribution in [0.25, 0.3) is 0 Å². The molecule has 2 rings (SSSR count). The van der Waals surface area contributed by atoms with Gasteiger partial charge in [0.15, 0.2) is 0 Å². The van der Waals surface area contributed by atoms with Crippen LogP contribution >= 0.6 is 0 Å². The first-order chi connectivity index (χ1) is 8.70. The van der Waals surface area contributed by atoms with Gasteiger partial charge in [-0.05, 0) is 25.6 Å². The molecular formula is C13H19N3O2. The van der Waals surface area contributed by atoms with Gasteiger partial charge in [0.2, 0.25) is 0 Å². The van der Waals surface area contributed by atoms with Crippen molar-refractivity contribution in [3.05, 3.63) is 29.6 Å². The van der Waals surface area contributed by atoms with Crippen molar-refractivity contribution in [2.75, 3.05) is 33.3 Å². The van der Waals surface area contributed by atoms with Crippen molar-refractivity contribution >= 4 is 5.91 Å². The van der Waals surface area contributed by atoms with Gasteiger partial charge in [-0.25, -0.2) is 0 Å². The minimum Gasteiger partial charge on any atom is -0.373 e. The van der Waals surface area contributed by atoms with E-state index in [1.165, 1.54) is 0 Å². The molecule has 0 aromatic carbocycles. The highest BCUT2D eigenvalue weighted by Gasteiger charge is 2.24. The zero-order chi connectivity index (χ0) is 13.0. The number of hydrogen-bond acceptors (Lipinski definition) is 4. The number of ether oxygens (including phenoxy) is 1. The highest BCUT2D eigenvalue weighted by atomic mass is 16.5. The van der Waals surface area contributed by atoms with E-state index in [9.17, 15) is 4.79 Å². The fraction of sp³-hybridized carbons (Fsp3) is 0.538. The Bertz CT molecular complexity index is 420. The summed E-state index contributed by atoms with van der Waals surface area (Å²) < 4.78 is 5.59. The second kappa shape index (κ2) is 5.93. The average Bonchev–Trinajstić information content (AvgIpc) is 2.39. The third-order valence-electron chi connectivity index (χ3n) is 2.98. The van der Waals surface area contributed by atoms with Gasteiger partial charge < -0.3 is 15.0 Å². The Morgan fingerprint density at radius 2 is 2.44 bits per heavy atom. The van der Waals surface area contributed by atoms with Gasteiger partial charge in [-0.2, -0.15) is 0 Å². The van der Waals surface area contributed by atoms with Gasteiger partial charge >= 0.3 is 0 Å². The van der Waals surface area contributed by atoms with Crippen LogP contribution in [0.1, 0.15) is 15.9 Å². The zero-order valence-corrected chi connectivity index (χ0v) is 10.8. The minimum atomic E-state index is 0.0376. The van der Waals surface area contributed by atoms with Crippen LogP contribution in [-0.2, 0) is 4.74 Å². The standard InChI is InChI=1S/C13H19N3O2/c1-10-5-11(7-15-6-10)13(17)16-3-4-18-12(9-16)8-14-2/h5-7,12,14H,3-4,8-9H2,1-2H3. The quantitative estimate of drug-likeness (QED) is 0.845. The molecule has 1 saturated heterocycles. The van der Waals surface area contributed by atoms with E-state index in [4.69, 9.17) is 4.74 Å². The molecule has 1 fully saturated rings. The summed E-state index contributed by atoms with van der Waals surface area (Å²) >= 11 is 0. The smallest absolute Gasteiger partial charge is 0.255 e. The Balaban J connectivity index is 2.04. The lowest BCUT2D eigenvalue weighted by Crippen LogP contribution is -2.48. The van der Waals surface area contributed by atoms with Gasteiger partial charge in [0.1, 0.15) is 0 Å². The molecule has 2 heterocycles. The van der Waals surface area contributed by atoms with Crippen molar-refractivity contribution in [3.63, 3.8) is 0 Å². The molecule has 1 amide bonds. The number of aryl methyl sites for hydroxylation is 1. The maximum Gasteiger partial charge on any atom is 0.255 e. The first kappa shape index (κ1) is 13.0. The number of aromatic nitrogens is 1. The number of hydrogen-bond donors (Lipinski definition) is 1. The number of rotatable bonds is 3. The number of amides is 1. The van der Waals surface area contributed by atoms with Gasteiger partial charge in [0.05, 0.1) is 18.3 Å². The summed E-state index contributed by atoms with van der Waals surface area (Å²) in [6, 6.07) is 1.87. The van der Waals surface area contributed by atoms with Crippen LogP contribution in [0, 0.1) is 6.92 Å². The molecule has 0 radical (unpaired) electrons. The average molecular weight is 249 g/mol. The number of likely N-dealkylation sites (N-methyl/N-ethyl adjacent to an activating group) is 1. The summed E-state index contributed by atoms with van der Waals surface area (Å²) in [4.78, 5) is 18.2. The fourth-order valence-electron chi connectivity index (χ4n) is 2.11. The predicted molar refractivity (Wildman–Crippen MR) is 68.5 cm³/mol. The first-order valence-electron chi connectivity index (χ1n) is 6.18. The second-order valence-electron chi connectivity index (χ2n) is 4.55. The largest absolute Gasteiger partial charge is 0.373 e. The first-order valence-corrected chi connectivity index (χ1v) is 6.18. The SMILES string of the molecule is CNCC1CN(C(=O)c2cncc(C)c2)CCO1. The van der Waals surface area contributed by atoms with Crippen LogP contribution in [0.4, 0.5) is 0 Å². The number of carbonyl (C=O) groups excluding carboxylic acids is 1. The highest BCUT2D eigenvalue weighted by molar-refractivity contribution is 5.94. The summed E-state index contributed by atoms with van der Waals surface area (Å²) in [6.07, 6.45) is 3.45. The maximum absolute atomic E-state index is 12.3. The van der Waals surface area contributed by atoms with Crippen molar-refractivity contribution in [2.24, 2.45) is 0 Å². The normalized spacial score (nSPS) is 19.9. The Labute approximate surface area is 107 Å². The van der Waals surface area contributed by atoms with E-state index in [0.29, 0.717) is 25.3 Å². The zero-order valence-electron chi connectivity index (χ0n) is 10.8. The van der Waals surface area contributed by atoms with E-state index in [-0.39, 0.29) is 12.0 Å². The number of carbonyl (C=O) groups is 1. The summed E-state index contributed by atoms with van der Waals surface area (Å²) in [6.45, 7) is 4.57. The lowest BCUT2D eigenvalue weighted by molar-refractivity contribution is -0.0196. The van der Waals surface area contributed by atoms with E-state index in [1.807, 2.05) is 24.9 Å². The van der Waals surface area contributed by atoms with Gasteiger partial charge in [-0.3, -0.25) is 9.78 Å². The van der Waals surface area contributed by atoms with Gasteiger partial charge in [0, 0.05) is 32.0 Å². The van der Waals surface area contributed by atoms with E-state index in [2.05, 4.69) is 10.3 Å². The molecule has 1 aliphatic heterocycles. The van der Waals surface area contributed by atoms with E-state index in [1.54, 1.807) is 12.4 Å². The van der Waals surface area contributed by atoms with Gasteiger partial charge in [-0.1, -0.05) is 0 Å². The van der Waals surface area contributed by atoms with Crippen molar-refractivity contribution in [2.45, 2.75) is 13.0 Å². The molecule has 1 unspecified atom stereocenters. The molecule has 0 bridgehead atoms. The molecule has 1 N–H and O–H groups in total. The maximum atomic E-state index is 12.3. The molecule has 18 heavy (non-hydrogen) atoms. The molecular weight excluding hydrogens is 230 g/mol. The van der Waals surface area contributed by atoms with Crippen molar-refractivity contribution in [1.29, 1.82) is 0 Å². The van der Waals surface area contributed by atoms with Crippen molar-refractivity contribution in [1.82, 2.24) is 15.2 Å². The molecule has 1 aromatic rings. The van der Waals surface area contributed by atoms with Crippen molar-refractivity contribution < 1.29 is 9.53 Å². The Morgan fingerprint density at radius 1 is 1.61 bits per heavy atom. The van der Waals surface area contributed by atoms with Crippen LogP contribution in [-0.4, -0.2) is 55.2 Å². The summed E-state index contributed by atoms with van der Waals surface area (Å²) in [5, 5.41) is 3.07. The monoisotopic (exact) mass is 249 g/mol. The Kier molecular flexibility index (Phi) is 4.28. The number of morpholine rings is 1. The number of pyridine rings is 1. The second-order valence-corrected chi connectivity index (χ2v) is 4.55. The summed E-state index contributed by atoms with van der Waals surface area (Å²) in [5.74, 6) is 0.0376. The summed E-state index contributed by atoms with van der Waals surface area (Å²) in [7, 11) is 1.88. The Morgan fingerprint density at radius 3 is 3.17 bits per heavy atom. The van der Waals surface area contributed by atoms with Gasteiger partial charge in [0.25, 0.3) is 5.91 Å². The van der Waals surface area contributed by atoms with E-state index in [0.717, 1.165) is 12.1 Å². The molecule has 0 saturated carbocycles. The molecule has 1 atom stereocenters. The topological polar surface area (TPSA) is 54.5 Å². The fourth-order valence-corrected chi connectivity index (χ4v) is 2.11. The molecule has 5 nitrogen and oxygen atoms in total. The third kappa shape index (κ3) is 3.05. The number of nitrogens with one attached hydrogen (secondary N) is 1. The van der Waals surface area contributed by atoms with E-state index < -0.39 is 0 Å². The minimum absolute atomic E-state index is 0.0376. The lowest BCUT2D eigenvalue weighted by Gasteiger charge is -2.32. The van der Waals surface area contributed by atoms with Crippen LogP contribution < -0.4 is 5.32 Å². The van der Waals surface area contributed by atoms with Crippen molar-refractivity contribution in [3.8, 4) is 0 Å². The van der Waals surface area contributed by atoms with Crippen LogP contribution in [0.3, 0.4) is 0 Å². The molecule has 0 aliphatic carbocycles. The Hall–Kier alpha value is -1.46. The summed E-state index contributed by atoms with van der Waals surface area (Å²) in [5.41, 5.74) is 1.65. The van der Waals surface area contributed by atoms with Crippen LogP contribution in [0.2, 0.25) is 0 Å². The molecule has 1 aromatic heterocycles. The van der Waals surface area contributed by atoms with E-state index >= 15 is 0 Å². The van der Waals surface area contributed by atoms with Crippen LogP contribution in [0.5, 0.6) is 0 Å². The molecule has 1 aliphatic rings. The lowest BCUT2D eigenvalue weighted by atomic mass is 10.1. The third-order valence-corrected chi connectivity index (χ3v) is 2.98. The molecule has 98 valence electrons.